The number of hydrogen-bond acceptors (Lipinski definition) is 3. The number of nitrogens with zero attached hydrogens (tertiary/aromatic N) is 2. The molecule has 0 bridgehead atoms. The summed E-state index contributed by atoms with van der Waals surface area (Å²) in [5.74, 6) is 0. The van der Waals surface area contributed by atoms with Gasteiger partial charge in [0.1, 0.15) is 5.01 Å². The normalized spacial score (nSPS) is 11.8. The van der Waals surface area contributed by atoms with Crippen molar-refractivity contribution in [2.75, 3.05) is 0 Å². The minimum atomic E-state index is -4.34. The Bertz CT molecular complexity index is 598. The molecule has 0 fully saturated rings. The molecule has 3 nitrogen and oxygen atoms in total. The third kappa shape index (κ3) is 2.79. The summed E-state index contributed by atoms with van der Waals surface area (Å²) in [6.07, 6.45) is -4.34. The molecule has 0 unspecified atom stereocenters. The average molecular weight is 274 g/mol. The Morgan fingerprint density at radius 3 is 2.33 bits per heavy atom. The number of halogens is 3. The number of aromatic nitrogens is 2. The summed E-state index contributed by atoms with van der Waals surface area (Å²) in [6, 6.07) is 4.70. The van der Waals surface area contributed by atoms with Crippen LogP contribution in [-0.2, 0) is 12.7 Å². The Hall–Kier alpha value is -1.63. The topological polar surface area (TPSA) is 34.9 Å². The van der Waals surface area contributed by atoms with E-state index in [1.807, 2.05) is 0 Å². The van der Waals surface area contributed by atoms with E-state index in [2.05, 4.69) is 5.10 Å². The number of aryl methyl sites for hydroxylation is 1. The molecule has 96 valence electrons. The molecular formula is C11H9F3N2OS. The molecule has 0 N–H and O–H groups in total. The van der Waals surface area contributed by atoms with Crippen molar-refractivity contribution in [1.29, 1.82) is 0 Å². The van der Waals surface area contributed by atoms with Crippen LogP contribution in [-0.4, -0.2) is 9.78 Å². The molecule has 18 heavy (non-hydrogen) atoms. The molecule has 0 aliphatic heterocycles. The van der Waals surface area contributed by atoms with Gasteiger partial charge in [-0.3, -0.25) is 4.79 Å². The Morgan fingerprint density at radius 1 is 1.28 bits per heavy atom. The average Bonchev–Trinajstić information content (AvgIpc) is 2.57. The smallest absolute Gasteiger partial charge is 0.255 e. The molecule has 0 aliphatic carbocycles. The predicted octanol–water partition coefficient (Wildman–Crippen LogP) is 2.68. The second-order valence-corrected chi connectivity index (χ2v) is 4.88. The van der Waals surface area contributed by atoms with Gasteiger partial charge in [-0.25, -0.2) is 4.68 Å². The first-order chi connectivity index (χ1) is 8.36. The Balaban J connectivity index is 2.21. The van der Waals surface area contributed by atoms with Crippen LogP contribution in [0.25, 0.3) is 0 Å². The monoisotopic (exact) mass is 274 g/mol. The zero-order valence-corrected chi connectivity index (χ0v) is 10.2. The van der Waals surface area contributed by atoms with Crippen molar-refractivity contribution in [2.45, 2.75) is 19.6 Å². The van der Waals surface area contributed by atoms with Crippen LogP contribution >= 0.6 is 11.3 Å². The molecule has 0 saturated heterocycles. The maximum atomic E-state index is 12.3. The van der Waals surface area contributed by atoms with E-state index in [0.717, 1.165) is 23.5 Å². The minimum Gasteiger partial charge on any atom is -0.255 e. The van der Waals surface area contributed by atoms with Gasteiger partial charge in [-0.05, 0) is 24.6 Å². The molecule has 2 rings (SSSR count). The fourth-order valence-electron chi connectivity index (χ4n) is 1.48. The van der Waals surface area contributed by atoms with Crippen molar-refractivity contribution in [3.63, 3.8) is 0 Å². The summed E-state index contributed by atoms with van der Waals surface area (Å²) >= 11 is 1.01. The Kier molecular flexibility index (Phi) is 3.25. The Morgan fingerprint density at radius 2 is 1.89 bits per heavy atom. The van der Waals surface area contributed by atoms with E-state index in [-0.39, 0.29) is 11.4 Å². The molecule has 2 aromatic rings. The van der Waals surface area contributed by atoms with Crippen LogP contribution in [0, 0.1) is 6.92 Å². The summed E-state index contributed by atoms with van der Waals surface area (Å²) in [6.45, 7) is 1.89. The zero-order chi connectivity index (χ0) is 13.3. The van der Waals surface area contributed by atoms with Crippen molar-refractivity contribution >= 4 is 11.3 Å². The highest BCUT2D eigenvalue weighted by Crippen LogP contribution is 2.29. The van der Waals surface area contributed by atoms with E-state index < -0.39 is 11.7 Å². The summed E-state index contributed by atoms with van der Waals surface area (Å²) in [4.78, 5) is 11.2. The van der Waals surface area contributed by atoms with Gasteiger partial charge >= 0.3 is 11.0 Å². The van der Waals surface area contributed by atoms with E-state index in [4.69, 9.17) is 0 Å². The first kappa shape index (κ1) is 12.8. The molecule has 0 aliphatic rings. The fraction of sp³-hybridized carbons (Fsp3) is 0.273. The second kappa shape index (κ2) is 4.56. The van der Waals surface area contributed by atoms with Gasteiger partial charge in [-0.1, -0.05) is 23.5 Å². The van der Waals surface area contributed by atoms with Crippen LogP contribution in [0.5, 0.6) is 0 Å². The van der Waals surface area contributed by atoms with Crippen LogP contribution in [0.4, 0.5) is 13.2 Å². The van der Waals surface area contributed by atoms with Gasteiger partial charge in [0.25, 0.3) is 0 Å². The van der Waals surface area contributed by atoms with Gasteiger partial charge in [-0.15, -0.1) is 0 Å². The third-order valence-corrected chi connectivity index (χ3v) is 3.08. The standard InChI is InChI=1S/C11H9F3N2OS/c1-7-15-16(10(17)18-7)6-8-2-4-9(5-3-8)11(12,13)14/h2-5H,6H2,1H3. The fourth-order valence-corrected chi connectivity index (χ4v) is 2.09. The molecule has 1 heterocycles. The second-order valence-electron chi connectivity index (χ2n) is 3.74. The van der Waals surface area contributed by atoms with Gasteiger partial charge < -0.3 is 0 Å². The predicted molar refractivity (Wildman–Crippen MR) is 61.7 cm³/mol. The van der Waals surface area contributed by atoms with Crippen molar-refractivity contribution in [2.24, 2.45) is 0 Å². The van der Waals surface area contributed by atoms with Crippen LogP contribution in [0.2, 0.25) is 0 Å². The minimum absolute atomic E-state index is 0.182. The maximum Gasteiger partial charge on any atom is 0.416 e. The van der Waals surface area contributed by atoms with Crippen molar-refractivity contribution < 1.29 is 13.2 Å². The van der Waals surface area contributed by atoms with E-state index in [1.54, 1.807) is 6.92 Å². The molecule has 0 saturated carbocycles. The highest BCUT2D eigenvalue weighted by Gasteiger charge is 2.29. The molecule has 0 radical (unpaired) electrons. The zero-order valence-electron chi connectivity index (χ0n) is 9.36. The van der Waals surface area contributed by atoms with E-state index in [1.165, 1.54) is 16.8 Å². The number of alkyl halides is 3. The lowest BCUT2D eigenvalue weighted by atomic mass is 10.1. The van der Waals surface area contributed by atoms with E-state index in [9.17, 15) is 18.0 Å². The lowest BCUT2D eigenvalue weighted by Crippen LogP contribution is -2.15. The lowest BCUT2D eigenvalue weighted by molar-refractivity contribution is -0.137. The molecule has 1 aromatic carbocycles. The number of rotatable bonds is 2. The lowest BCUT2D eigenvalue weighted by Gasteiger charge is -2.07. The molecule has 7 heteroatoms. The van der Waals surface area contributed by atoms with Crippen molar-refractivity contribution in [3.8, 4) is 0 Å². The first-order valence-electron chi connectivity index (χ1n) is 5.07. The number of benzene rings is 1. The molecule has 0 atom stereocenters. The highest BCUT2D eigenvalue weighted by molar-refractivity contribution is 7.08. The molecular weight excluding hydrogens is 265 g/mol. The van der Waals surface area contributed by atoms with Gasteiger partial charge in [0, 0.05) is 0 Å². The molecule has 0 spiro atoms. The quantitative estimate of drug-likeness (QED) is 0.844. The number of hydrogen-bond donors (Lipinski definition) is 0. The van der Waals surface area contributed by atoms with Crippen LogP contribution in [0.15, 0.2) is 29.1 Å². The summed E-state index contributed by atoms with van der Waals surface area (Å²) in [5, 5.41) is 4.61. The maximum absolute atomic E-state index is 12.3. The summed E-state index contributed by atoms with van der Waals surface area (Å²) in [5.41, 5.74) is -0.0940. The third-order valence-electron chi connectivity index (χ3n) is 2.32. The van der Waals surface area contributed by atoms with E-state index >= 15 is 0 Å². The van der Waals surface area contributed by atoms with Crippen LogP contribution in [0.3, 0.4) is 0 Å². The van der Waals surface area contributed by atoms with Gasteiger partial charge in [0.05, 0.1) is 12.1 Å². The van der Waals surface area contributed by atoms with Gasteiger partial charge in [0.2, 0.25) is 0 Å². The van der Waals surface area contributed by atoms with Crippen LogP contribution < -0.4 is 4.87 Å². The Labute approximate surface area is 104 Å². The summed E-state index contributed by atoms with van der Waals surface area (Å²) in [7, 11) is 0. The SMILES string of the molecule is Cc1nn(Cc2ccc(C(F)(F)F)cc2)c(=O)s1. The first-order valence-corrected chi connectivity index (χ1v) is 5.88. The van der Waals surface area contributed by atoms with Crippen molar-refractivity contribution in [3.05, 3.63) is 50.1 Å². The highest BCUT2D eigenvalue weighted by atomic mass is 32.1. The van der Waals surface area contributed by atoms with Crippen LogP contribution in [0.1, 0.15) is 16.1 Å². The van der Waals surface area contributed by atoms with Gasteiger partial charge in [-0.2, -0.15) is 18.3 Å². The van der Waals surface area contributed by atoms with E-state index in [0.29, 0.717) is 10.6 Å². The van der Waals surface area contributed by atoms with Gasteiger partial charge in [0.15, 0.2) is 0 Å². The molecule has 0 amide bonds. The summed E-state index contributed by atoms with van der Waals surface area (Å²) < 4.78 is 38.3. The van der Waals surface area contributed by atoms with Crippen molar-refractivity contribution in [1.82, 2.24) is 9.78 Å². The molecule has 1 aromatic heterocycles. The largest absolute Gasteiger partial charge is 0.416 e.